The second kappa shape index (κ2) is 10.8. The van der Waals surface area contributed by atoms with Gasteiger partial charge in [-0.05, 0) is 66.8 Å². The average molecular weight is 480 g/mol. The first kappa shape index (κ1) is 23.9. The van der Waals surface area contributed by atoms with Crippen LogP contribution in [0.25, 0.3) is 0 Å². The number of aromatic nitrogens is 1. The average Bonchev–Trinajstić information content (AvgIpc) is 2.87. The fraction of sp³-hybridized carbons (Fsp3) is 0.308. The molecule has 0 unspecified atom stereocenters. The van der Waals surface area contributed by atoms with Crippen LogP contribution in [0.3, 0.4) is 0 Å². The lowest BCUT2D eigenvalue weighted by Gasteiger charge is -2.29. The third kappa shape index (κ3) is 6.01. The number of sulfonamides is 1. The van der Waals surface area contributed by atoms with Gasteiger partial charge in [-0.25, -0.2) is 8.42 Å². The van der Waals surface area contributed by atoms with Crippen LogP contribution in [-0.4, -0.2) is 36.7 Å². The minimum absolute atomic E-state index is 0.223. The zero-order chi connectivity index (χ0) is 24.0. The van der Waals surface area contributed by atoms with Crippen LogP contribution in [-0.2, 0) is 23.2 Å². The molecule has 0 atom stereocenters. The van der Waals surface area contributed by atoms with Gasteiger partial charge in [0.25, 0.3) is 5.91 Å². The molecule has 3 aromatic rings. The van der Waals surface area contributed by atoms with E-state index in [0.717, 1.165) is 29.7 Å². The Morgan fingerprint density at radius 1 is 1.03 bits per heavy atom. The summed E-state index contributed by atoms with van der Waals surface area (Å²) in [6.45, 7) is 4.02. The van der Waals surface area contributed by atoms with Crippen molar-refractivity contribution in [2.24, 2.45) is 5.92 Å². The maximum Gasteiger partial charge on any atom is 0.251 e. The standard InChI is InChI=1S/C26H29N3O4S/c1-20-12-15-29(16-13-20)34(31,32)25-10-6-23(7-11-25)26(30)28-18-21-4-8-24(9-5-21)33-19-22-3-2-14-27-17-22/h2-11,14,17,20H,12-13,15-16,18-19H2,1H3,(H,28,30). The molecule has 0 spiro atoms. The fourth-order valence-corrected chi connectivity index (χ4v) is 5.26. The molecule has 7 nitrogen and oxygen atoms in total. The summed E-state index contributed by atoms with van der Waals surface area (Å²) in [5.74, 6) is 1.03. The van der Waals surface area contributed by atoms with E-state index in [1.54, 1.807) is 24.5 Å². The predicted octanol–water partition coefficient (Wildman–Crippen LogP) is 4.01. The number of ether oxygens (including phenoxy) is 1. The highest BCUT2D eigenvalue weighted by atomic mass is 32.2. The van der Waals surface area contributed by atoms with E-state index >= 15 is 0 Å². The first-order chi connectivity index (χ1) is 16.4. The molecule has 2 aromatic carbocycles. The number of hydrogen-bond acceptors (Lipinski definition) is 5. The minimum atomic E-state index is -3.52. The molecule has 4 rings (SSSR count). The van der Waals surface area contributed by atoms with Crippen LogP contribution in [0.15, 0.2) is 78.0 Å². The summed E-state index contributed by atoms with van der Waals surface area (Å²) >= 11 is 0. The molecule has 8 heteroatoms. The van der Waals surface area contributed by atoms with Crippen LogP contribution in [0.2, 0.25) is 0 Å². The second-order valence-corrected chi connectivity index (χ2v) is 10.5. The van der Waals surface area contributed by atoms with E-state index in [2.05, 4.69) is 17.2 Å². The minimum Gasteiger partial charge on any atom is -0.489 e. The highest BCUT2D eigenvalue weighted by Gasteiger charge is 2.28. The summed E-state index contributed by atoms with van der Waals surface area (Å²) in [4.78, 5) is 16.8. The van der Waals surface area contributed by atoms with E-state index in [-0.39, 0.29) is 10.8 Å². The number of benzene rings is 2. The summed E-state index contributed by atoms with van der Waals surface area (Å²) in [6, 6.07) is 17.5. The number of amides is 1. The van der Waals surface area contributed by atoms with Gasteiger partial charge in [0.15, 0.2) is 0 Å². The molecule has 0 bridgehead atoms. The van der Waals surface area contributed by atoms with Gasteiger partial charge in [-0.3, -0.25) is 9.78 Å². The Morgan fingerprint density at radius 3 is 2.38 bits per heavy atom. The zero-order valence-electron chi connectivity index (χ0n) is 19.2. The van der Waals surface area contributed by atoms with Gasteiger partial charge in [0.1, 0.15) is 12.4 Å². The number of piperidine rings is 1. The highest BCUT2D eigenvalue weighted by Crippen LogP contribution is 2.23. The van der Waals surface area contributed by atoms with Crippen LogP contribution < -0.4 is 10.1 Å². The molecule has 0 radical (unpaired) electrons. The molecule has 34 heavy (non-hydrogen) atoms. The van der Waals surface area contributed by atoms with Crippen LogP contribution in [0.5, 0.6) is 5.75 Å². The molecule has 1 saturated heterocycles. The van der Waals surface area contributed by atoms with Gasteiger partial charge < -0.3 is 10.1 Å². The van der Waals surface area contributed by atoms with E-state index in [1.807, 2.05) is 36.4 Å². The van der Waals surface area contributed by atoms with Crippen molar-refractivity contribution < 1.29 is 17.9 Å². The maximum absolute atomic E-state index is 12.9. The molecule has 1 aliphatic heterocycles. The van der Waals surface area contributed by atoms with E-state index in [4.69, 9.17) is 4.74 Å². The van der Waals surface area contributed by atoms with E-state index in [0.29, 0.717) is 37.7 Å². The lowest BCUT2D eigenvalue weighted by atomic mass is 10.0. The van der Waals surface area contributed by atoms with Gasteiger partial charge in [0.2, 0.25) is 10.0 Å². The fourth-order valence-electron chi connectivity index (χ4n) is 3.79. The first-order valence-corrected chi connectivity index (χ1v) is 12.8. The number of carbonyl (C=O) groups is 1. The van der Waals surface area contributed by atoms with E-state index in [9.17, 15) is 13.2 Å². The molecule has 0 aliphatic carbocycles. The molecular weight excluding hydrogens is 450 g/mol. The Kier molecular flexibility index (Phi) is 7.59. The van der Waals surface area contributed by atoms with Crippen molar-refractivity contribution in [1.29, 1.82) is 0 Å². The molecule has 0 saturated carbocycles. The van der Waals surface area contributed by atoms with Crippen molar-refractivity contribution in [2.75, 3.05) is 13.1 Å². The van der Waals surface area contributed by atoms with Crippen molar-refractivity contribution in [3.05, 3.63) is 89.7 Å². The first-order valence-electron chi connectivity index (χ1n) is 11.4. The van der Waals surface area contributed by atoms with Crippen LogP contribution in [0.1, 0.15) is 41.3 Å². The van der Waals surface area contributed by atoms with Crippen molar-refractivity contribution in [3.8, 4) is 5.75 Å². The zero-order valence-corrected chi connectivity index (χ0v) is 20.0. The van der Waals surface area contributed by atoms with E-state index < -0.39 is 10.0 Å². The van der Waals surface area contributed by atoms with Crippen molar-refractivity contribution >= 4 is 15.9 Å². The normalized spacial score (nSPS) is 15.1. The molecule has 1 fully saturated rings. The van der Waals surface area contributed by atoms with Crippen molar-refractivity contribution in [3.63, 3.8) is 0 Å². The highest BCUT2D eigenvalue weighted by molar-refractivity contribution is 7.89. The van der Waals surface area contributed by atoms with E-state index in [1.165, 1.54) is 16.4 Å². The summed E-state index contributed by atoms with van der Waals surface area (Å²) in [7, 11) is -3.52. The molecule has 1 aliphatic rings. The molecular formula is C26H29N3O4S. The maximum atomic E-state index is 12.9. The Bertz CT molecular complexity index is 1190. The van der Waals surface area contributed by atoms with Gasteiger partial charge in [-0.2, -0.15) is 4.31 Å². The Hall–Kier alpha value is -3.23. The van der Waals surface area contributed by atoms with Gasteiger partial charge in [0.05, 0.1) is 4.90 Å². The number of pyridine rings is 1. The molecule has 1 amide bonds. The summed E-state index contributed by atoms with van der Waals surface area (Å²) in [5.41, 5.74) is 2.34. The molecule has 1 N–H and O–H groups in total. The van der Waals surface area contributed by atoms with Crippen LogP contribution in [0.4, 0.5) is 0 Å². The molecule has 178 valence electrons. The number of nitrogens with one attached hydrogen (secondary N) is 1. The van der Waals surface area contributed by atoms with Crippen LogP contribution in [0, 0.1) is 5.92 Å². The predicted molar refractivity (Wildman–Crippen MR) is 130 cm³/mol. The largest absolute Gasteiger partial charge is 0.489 e. The van der Waals surface area contributed by atoms with Gasteiger partial charge in [-0.1, -0.05) is 25.1 Å². The SMILES string of the molecule is CC1CCN(S(=O)(=O)c2ccc(C(=O)NCc3ccc(OCc4cccnc4)cc3)cc2)CC1. The lowest BCUT2D eigenvalue weighted by Crippen LogP contribution is -2.37. The smallest absolute Gasteiger partial charge is 0.251 e. The van der Waals surface area contributed by atoms with Gasteiger partial charge in [0, 0.05) is 43.2 Å². The monoisotopic (exact) mass is 479 g/mol. The number of carbonyl (C=O) groups excluding carboxylic acids is 1. The summed E-state index contributed by atoms with van der Waals surface area (Å²) in [5, 5.41) is 2.87. The Morgan fingerprint density at radius 2 is 1.74 bits per heavy atom. The van der Waals surface area contributed by atoms with Crippen molar-refractivity contribution in [2.45, 2.75) is 37.8 Å². The number of hydrogen-bond donors (Lipinski definition) is 1. The Labute approximate surface area is 200 Å². The summed E-state index contributed by atoms with van der Waals surface area (Å²) in [6.07, 6.45) is 5.23. The summed E-state index contributed by atoms with van der Waals surface area (Å²) < 4.78 is 33.0. The number of nitrogens with zero attached hydrogens (tertiary/aromatic N) is 2. The van der Waals surface area contributed by atoms with Gasteiger partial charge in [-0.15, -0.1) is 0 Å². The molecule has 2 heterocycles. The quantitative estimate of drug-likeness (QED) is 0.527. The molecule has 1 aromatic heterocycles. The second-order valence-electron chi connectivity index (χ2n) is 8.59. The Balaban J connectivity index is 1.29. The van der Waals surface area contributed by atoms with Crippen molar-refractivity contribution in [1.82, 2.24) is 14.6 Å². The van der Waals surface area contributed by atoms with Crippen LogP contribution >= 0.6 is 0 Å². The lowest BCUT2D eigenvalue weighted by molar-refractivity contribution is 0.0951. The third-order valence-corrected chi connectivity index (χ3v) is 7.91. The van der Waals surface area contributed by atoms with Gasteiger partial charge >= 0.3 is 0 Å². The topological polar surface area (TPSA) is 88.6 Å². The third-order valence-electron chi connectivity index (χ3n) is 6.00. The number of rotatable bonds is 8.